The summed E-state index contributed by atoms with van der Waals surface area (Å²) in [6.07, 6.45) is 0.878. The van der Waals surface area contributed by atoms with Gasteiger partial charge in [0, 0.05) is 4.88 Å². The van der Waals surface area contributed by atoms with Gasteiger partial charge in [0.2, 0.25) is 0 Å². The first kappa shape index (κ1) is 16.3. The molecule has 0 aromatic carbocycles. The van der Waals surface area contributed by atoms with Crippen LogP contribution in [0.15, 0.2) is 40.3 Å². The third-order valence-electron chi connectivity index (χ3n) is 5.55. The van der Waals surface area contributed by atoms with Crippen molar-refractivity contribution in [3.05, 3.63) is 46.5 Å². The van der Waals surface area contributed by atoms with E-state index in [-0.39, 0.29) is 24.0 Å². The molecule has 1 aliphatic carbocycles. The van der Waals surface area contributed by atoms with Crippen LogP contribution in [0.25, 0.3) is 0 Å². The first-order valence-electron chi connectivity index (χ1n) is 8.64. The van der Waals surface area contributed by atoms with Gasteiger partial charge in [-0.15, -0.1) is 11.3 Å². The zero-order valence-corrected chi connectivity index (χ0v) is 15.5. The molecule has 6 nitrogen and oxygen atoms in total. The Bertz CT molecular complexity index is 822. The Morgan fingerprint density at radius 2 is 2.08 bits per heavy atom. The molecule has 26 heavy (non-hydrogen) atoms. The third-order valence-corrected chi connectivity index (χ3v) is 6.88. The average Bonchev–Trinajstić information content (AvgIpc) is 3.35. The van der Waals surface area contributed by atoms with Gasteiger partial charge in [-0.1, -0.05) is 6.07 Å². The fourth-order valence-electron chi connectivity index (χ4n) is 4.47. The van der Waals surface area contributed by atoms with Crippen molar-refractivity contribution in [2.24, 2.45) is 5.92 Å². The molecule has 0 spiro atoms. The molecule has 0 amide bonds. The van der Waals surface area contributed by atoms with Gasteiger partial charge in [-0.05, 0) is 42.2 Å². The lowest BCUT2D eigenvalue weighted by atomic mass is 9.74. The van der Waals surface area contributed by atoms with E-state index < -0.39 is 12.2 Å². The molecule has 6 rings (SSSR count). The molecule has 1 N–H and O–H groups in total. The van der Waals surface area contributed by atoms with Crippen molar-refractivity contribution >= 4 is 34.6 Å². The number of thiophene rings is 1. The first-order chi connectivity index (χ1) is 12.6. The summed E-state index contributed by atoms with van der Waals surface area (Å²) in [6.45, 7) is 1.17. The van der Waals surface area contributed by atoms with Gasteiger partial charge in [0.1, 0.15) is 11.9 Å². The number of hydrogen-bond donors (Lipinski definition) is 1. The lowest BCUT2D eigenvalue weighted by Gasteiger charge is -2.49. The summed E-state index contributed by atoms with van der Waals surface area (Å²) >= 11 is 7.47. The SMILES string of the molecule is O=C1OC2C(O)CC1C1C2N(Cc2cccs2)C(=S)N1Cc1ccco1. The fourth-order valence-corrected chi connectivity index (χ4v) is 5.54. The van der Waals surface area contributed by atoms with E-state index in [4.69, 9.17) is 21.4 Å². The van der Waals surface area contributed by atoms with Gasteiger partial charge in [0.15, 0.2) is 5.11 Å². The minimum atomic E-state index is -0.642. The standard InChI is InChI=1S/C18H18N2O4S2/c21-13-7-12-14-15(16(13)24-17(12)22)20(9-11-4-2-6-26-11)18(25)19(14)8-10-3-1-5-23-10/h1-6,12-16,21H,7-9H2. The number of carbonyl (C=O) groups is 1. The molecule has 2 aromatic heterocycles. The van der Waals surface area contributed by atoms with Crippen LogP contribution in [0, 0.1) is 5.92 Å². The molecule has 2 bridgehead atoms. The number of ether oxygens (including phenoxy) is 1. The zero-order chi connectivity index (χ0) is 17.8. The Morgan fingerprint density at radius 3 is 2.81 bits per heavy atom. The van der Waals surface area contributed by atoms with Crippen LogP contribution in [0.4, 0.5) is 0 Å². The summed E-state index contributed by atoms with van der Waals surface area (Å²) in [7, 11) is 0. The predicted octanol–water partition coefficient (Wildman–Crippen LogP) is 1.99. The highest BCUT2D eigenvalue weighted by Gasteiger charge is 2.62. The van der Waals surface area contributed by atoms with E-state index in [0.29, 0.717) is 24.6 Å². The number of thiocarbonyl (C=S) groups is 1. The largest absolute Gasteiger partial charge is 0.467 e. The summed E-state index contributed by atoms with van der Waals surface area (Å²) in [4.78, 5) is 17.8. The van der Waals surface area contributed by atoms with Gasteiger partial charge in [0.05, 0.1) is 43.5 Å². The van der Waals surface area contributed by atoms with Crippen LogP contribution in [-0.4, -0.2) is 50.3 Å². The topological polar surface area (TPSA) is 66.2 Å². The number of aliphatic hydroxyl groups excluding tert-OH is 1. The molecule has 136 valence electrons. The van der Waals surface area contributed by atoms with E-state index >= 15 is 0 Å². The predicted molar refractivity (Wildman–Crippen MR) is 98.3 cm³/mol. The number of hydrogen-bond acceptors (Lipinski definition) is 6. The number of rotatable bonds is 4. The second-order valence-electron chi connectivity index (χ2n) is 6.99. The molecule has 3 saturated heterocycles. The number of fused-ring (bicyclic) bond motifs is 2. The molecule has 4 aliphatic rings. The number of nitrogens with zero attached hydrogens (tertiary/aromatic N) is 2. The Kier molecular flexibility index (Phi) is 3.80. The molecule has 5 heterocycles. The van der Waals surface area contributed by atoms with Crippen LogP contribution in [0.3, 0.4) is 0 Å². The second-order valence-corrected chi connectivity index (χ2v) is 8.39. The van der Waals surface area contributed by atoms with Crippen LogP contribution >= 0.6 is 23.6 Å². The van der Waals surface area contributed by atoms with E-state index in [0.717, 1.165) is 5.76 Å². The van der Waals surface area contributed by atoms with E-state index in [1.807, 2.05) is 23.6 Å². The lowest BCUT2D eigenvalue weighted by Crippen LogP contribution is -2.66. The second kappa shape index (κ2) is 6.07. The molecular weight excluding hydrogens is 372 g/mol. The van der Waals surface area contributed by atoms with E-state index in [1.54, 1.807) is 17.6 Å². The maximum absolute atomic E-state index is 12.4. The molecule has 8 heteroatoms. The summed E-state index contributed by atoms with van der Waals surface area (Å²) in [5, 5.41) is 13.2. The van der Waals surface area contributed by atoms with Gasteiger partial charge in [-0.25, -0.2) is 0 Å². The maximum Gasteiger partial charge on any atom is 0.311 e. The Balaban J connectivity index is 1.52. The Labute approximate surface area is 160 Å². The molecular formula is C18H18N2O4S2. The van der Waals surface area contributed by atoms with Crippen molar-refractivity contribution in [2.75, 3.05) is 0 Å². The van der Waals surface area contributed by atoms with Gasteiger partial charge >= 0.3 is 5.97 Å². The summed E-state index contributed by atoms with van der Waals surface area (Å²) in [5.74, 6) is 0.201. The normalized spacial score (nSPS) is 32.9. The summed E-state index contributed by atoms with van der Waals surface area (Å²) in [6, 6.07) is 7.61. The maximum atomic E-state index is 12.4. The van der Waals surface area contributed by atoms with Crippen LogP contribution in [0.5, 0.6) is 0 Å². The number of carbonyl (C=O) groups excluding carboxylic acids is 1. The monoisotopic (exact) mass is 390 g/mol. The summed E-state index contributed by atoms with van der Waals surface area (Å²) < 4.78 is 11.1. The minimum absolute atomic E-state index is 0.0952. The fraction of sp³-hybridized carbons (Fsp3) is 0.444. The highest BCUT2D eigenvalue weighted by molar-refractivity contribution is 7.80. The van der Waals surface area contributed by atoms with Crippen molar-refractivity contribution < 1.29 is 19.1 Å². The van der Waals surface area contributed by atoms with E-state index in [9.17, 15) is 9.90 Å². The smallest absolute Gasteiger partial charge is 0.311 e. The first-order valence-corrected chi connectivity index (χ1v) is 9.93. The van der Waals surface area contributed by atoms with Crippen molar-refractivity contribution in [3.63, 3.8) is 0 Å². The van der Waals surface area contributed by atoms with Crippen LogP contribution < -0.4 is 0 Å². The molecule has 4 fully saturated rings. The molecule has 5 atom stereocenters. The molecule has 3 aliphatic heterocycles. The quantitative estimate of drug-likeness (QED) is 0.633. The highest BCUT2D eigenvalue weighted by Crippen LogP contribution is 2.45. The van der Waals surface area contributed by atoms with Crippen LogP contribution in [-0.2, 0) is 22.6 Å². The lowest BCUT2D eigenvalue weighted by molar-refractivity contribution is -0.199. The van der Waals surface area contributed by atoms with E-state index in [2.05, 4.69) is 15.9 Å². The number of esters is 1. The van der Waals surface area contributed by atoms with Crippen molar-refractivity contribution in [2.45, 2.75) is 43.8 Å². The van der Waals surface area contributed by atoms with Gasteiger partial charge in [0.25, 0.3) is 0 Å². The number of furan rings is 1. The molecule has 2 aromatic rings. The molecule has 1 saturated carbocycles. The Morgan fingerprint density at radius 1 is 1.23 bits per heavy atom. The van der Waals surface area contributed by atoms with E-state index in [1.165, 1.54) is 4.88 Å². The average molecular weight is 390 g/mol. The minimum Gasteiger partial charge on any atom is -0.467 e. The van der Waals surface area contributed by atoms with Crippen molar-refractivity contribution in [3.8, 4) is 0 Å². The molecule has 0 radical (unpaired) electrons. The zero-order valence-electron chi connectivity index (χ0n) is 13.9. The van der Waals surface area contributed by atoms with Gasteiger partial charge in [-0.3, -0.25) is 4.79 Å². The van der Waals surface area contributed by atoms with Crippen LogP contribution in [0.1, 0.15) is 17.1 Å². The van der Waals surface area contributed by atoms with Crippen LogP contribution in [0.2, 0.25) is 0 Å². The molecule has 5 unspecified atom stereocenters. The van der Waals surface area contributed by atoms with Crippen molar-refractivity contribution in [1.82, 2.24) is 9.80 Å². The van der Waals surface area contributed by atoms with Gasteiger partial charge in [-0.2, -0.15) is 0 Å². The highest BCUT2D eigenvalue weighted by atomic mass is 32.1. The van der Waals surface area contributed by atoms with Gasteiger partial charge < -0.3 is 24.1 Å². The summed E-state index contributed by atoms with van der Waals surface area (Å²) in [5.41, 5.74) is 0. The number of aliphatic hydroxyl groups is 1. The Hall–Kier alpha value is -1.90. The third kappa shape index (κ3) is 2.39. The van der Waals surface area contributed by atoms with Crippen molar-refractivity contribution in [1.29, 1.82) is 0 Å².